The summed E-state index contributed by atoms with van der Waals surface area (Å²) in [6.45, 7) is -0.109. The van der Waals surface area contributed by atoms with E-state index in [0.29, 0.717) is 35.4 Å². The van der Waals surface area contributed by atoms with Crippen molar-refractivity contribution in [3.8, 4) is 11.5 Å². The van der Waals surface area contributed by atoms with Crippen molar-refractivity contribution in [2.24, 2.45) is 0 Å². The third-order valence-electron chi connectivity index (χ3n) is 5.86. The van der Waals surface area contributed by atoms with Crippen molar-refractivity contribution in [2.45, 2.75) is 25.5 Å². The molecule has 36 heavy (non-hydrogen) atoms. The maximum absolute atomic E-state index is 13.6. The van der Waals surface area contributed by atoms with Crippen LogP contribution in [-0.4, -0.2) is 26.2 Å². The van der Waals surface area contributed by atoms with Gasteiger partial charge < -0.3 is 24.8 Å². The second kappa shape index (κ2) is 11.4. The van der Waals surface area contributed by atoms with Gasteiger partial charge in [0.2, 0.25) is 0 Å². The minimum atomic E-state index is -0.755. The zero-order chi connectivity index (χ0) is 25.5. The van der Waals surface area contributed by atoms with Gasteiger partial charge in [0.25, 0.3) is 0 Å². The summed E-state index contributed by atoms with van der Waals surface area (Å²) in [5.41, 5.74) is 2.91. The molecule has 0 bridgehead atoms. The molecule has 186 valence electrons. The Hall–Kier alpha value is -4.33. The van der Waals surface area contributed by atoms with Gasteiger partial charge in [-0.05, 0) is 65.9 Å². The molecular weight excluding hydrogens is 463 g/mol. The number of amides is 2. The lowest BCUT2D eigenvalue weighted by atomic mass is 9.93. The van der Waals surface area contributed by atoms with Crippen molar-refractivity contribution in [3.63, 3.8) is 0 Å². The number of hydrogen-bond acceptors (Lipinski definition) is 5. The van der Waals surface area contributed by atoms with Gasteiger partial charge in [0.1, 0.15) is 23.9 Å². The maximum Gasteiger partial charge on any atom is 0.338 e. The van der Waals surface area contributed by atoms with Crippen molar-refractivity contribution in [1.29, 1.82) is 0 Å². The average molecular weight is 491 g/mol. The quantitative estimate of drug-likeness (QED) is 0.420. The Morgan fingerprint density at radius 2 is 1.58 bits per heavy atom. The van der Waals surface area contributed by atoms with E-state index >= 15 is 0 Å². The number of allylic oxidation sites excluding steroid dienone is 1. The summed E-state index contributed by atoms with van der Waals surface area (Å²) < 4.78 is 29.8. The number of aryl methyl sites for hydroxylation is 1. The highest BCUT2D eigenvalue weighted by Crippen LogP contribution is 2.31. The summed E-state index contributed by atoms with van der Waals surface area (Å²) in [6, 6.07) is 19.4. The molecule has 7 nitrogen and oxygen atoms in total. The van der Waals surface area contributed by atoms with Crippen LogP contribution in [0.4, 0.5) is 9.18 Å². The fourth-order valence-electron chi connectivity index (χ4n) is 4.08. The lowest BCUT2D eigenvalue weighted by Gasteiger charge is -2.29. The highest BCUT2D eigenvalue weighted by Gasteiger charge is 2.34. The fourth-order valence-corrected chi connectivity index (χ4v) is 4.08. The molecule has 3 aromatic carbocycles. The van der Waals surface area contributed by atoms with E-state index in [1.54, 1.807) is 50.6 Å². The van der Waals surface area contributed by atoms with Gasteiger partial charge in [-0.3, -0.25) is 0 Å². The Bertz CT molecular complexity index is 1290. The molecule has 0 aromatic heterocycles. The summed E-state index contributed by atoms with van der Waals surface area (Å²) in [6.07, 6.45) is 0.934. The van der Waals surface area contributed by atoms with E-state index in [4.69, 9.17) is 14.2 Å². The molecule has 1 atom stereocenters. The zero-order valence-corrected chi connectivity index (χ0v) is 20.0. The number of hydrogen-bond donors (Lipinski definition) is 2. The molecule has 1 aliphatic rings. The van der Waals surface area contributed by atoms with E-state index in [2.05, 4.69) is 10.6 Å². The number of urea groups is 1. The molecule has 0 spiro atoms. The number of carbonyl (C=O) groups excluding carboxylic acids is 2. The minimum Gasteiger partial charge on any atom is -0.497 e. The number of esters is 1. The summed E-state index contributed by atoms with van der Waals surface area (Å²) in [7, 11) is 3.14. The summed E-state index contributed by atoms with van der Waals surface area (Å²) >= 11 is 0. The van der Waals surface area contributed by atoms with Crippen LogP contribution in [-0.2, 0) is 22.6 Å². The van der Waals surface area contributed by atoms with Crippen LogP contribution in [0.25, 0.3) is 0 Å². The Morgan fingerprint density at radius 3 is 2.33 bits per heavy atom. The van der Waals surface area contributed by atoms with Crippen molar-refractivity contribution < 1.29 is 28.2 Å². The first kappa shape index (κ1) is 24.8. The monoisotopic (exact) mass is 490 g/mol. The SMILES string of the molecule is COc1cccc(CCC2=C(C(=O)OCc3cccc(F)c3)C(c3cccc(OC)c3)NC(=O)N2)c1. The molecule has 4 rings (SSSR count). The van der Waals surface area contributed by atoms with E-state index in [1.807, 2.05) is 24.3 Å². The van der Waals surface area contributed by atoms with Gasteiger partial charge in [-0.15, -0.1) is 0 Å². The maximum atomic E-state index is 13.6. The van der Waals surface area contributed by atoms with Crippen molar-refractivity contribution in [1.82, 2.24) is 10.6 Å². The molecule has 3 aromatic rings. The van der Waals surface area contributed by atoms with Crippen LogP contribution in [0.15, 0.2) is 84.1 Å². The third kappa shape index (κ3) is 6.02. The third-order valence-corrected chi connectivity index (χ3v) is 5.86. The first-order valence-corrected chi connectivity index (χ1v) is 11.5. The summed E-state index contributed by atoms with van der Waals surface area (Å²) in [4.78, 5) is 26.0. The molecule has 1 unspecified atom stereocenters. The van der Waals surface area contributed by atoms with Crippen molar-refractivity contribution in [2.75, 3.05) is 14.2 Å². The van der Waals surface area contributed by atoms with Crippen LogP contribution >= 0.6 is 0 Å². The topological polar surface area (TPSA) is 85.9 Å². The van der Waals surface area contributed by atoms with Gasteiger partial charge in [0, 0.05) is 5.70 Å². The van der Waals surface area contributed by atoms with Crippen molar-refractivity contribution >= 4 is 12.0 Å². The lowest BCUT2D eigenvalue weighted by molar-refractivity contribution is -0.140. The largest absolute Gasteiger partial charge is 0.497 e. The number of nitrogens with one attached hydrogen (secondary N) is 2. The Morgan fingerprint density at radius 1 is 0.889 bits per heavy atom. The van der Waals surface area contributed by atoms with E-state index in [1.165, 1.54) is 12.1 Å². The molecule has 0 radical (unpaired) electrons. The van der Waals surface area contributed by atoms with Crippen molar-refractivity contribution in [3.05, 3.63) is 107 Å². The molecule has 1 aliphatic heterocycles. The Balaban J connectivity index is 1.66. The van der Waals surface area contributed by atoms with E-state index < -0.39 is 23.9 Å². The normalized spacial score (nSPS) is 15.1. The van der Waals surface area contributed by atoms with Crippen LogP contribution in [0.2, 0.25) is 0 Å². The Kier molecular flexibility index (Phi) is 7.85. The standard InChI is InChI=1S/C28H27FN2O5/c1-34-22-10-4-6-18(15-22)12-13-24-25(27(32)36-17-19-7-3-9-21(29)14-19)26(31-28(33)30-24)20-8-5-11-23(16-20)35-2/h3-11,14-16,26H,12-13,17H2,1-2H3,(H2,30,31,33). The summed E-state index contributed by atoms with van der Waals surface area (Å²) in [5, 5.41) is 5.61. The molecule has 2 amide bonds. The highest BCUT2D eigenvalue weighted by molar-refractivity contribution is 5.95. The van der Waals surface area contributed by atoms with Crippen LogP contribution in [0, 0.1) is 5.82 Å². The number of methoxy groups -OCH3 is 2. The fraction of sp³-hybridized carbons (Fsp3) is 0.214. The van der Waals surface area contributed by atoms with Gasteiger partial charge in [-0.25, -0.2) is 14.0 Å². The zero-order valence-electron chi connectivity index (χ0n) is 20.0. The van der Waals surface area contributed by atoms with Gasteiger partial charge in [0.05, 0.1) is 25.8 Å². The molecule has 0 fully saturated rings. The van der Waals surface area contributed by atoms with Gasteiger partial charge in [0.15, 0.2) is 0 Å². The number of ether oxygens (including phenoxy) is 3. The minimum absolute atomic E-state index is 0.109. The van der Waals surface area contributed by atoms with E-state index in [9.17, 15) is 14.0 Å². The highest BCUT2D eigenvalue weighted by atomic mass is 19.1. The molecular formula is C28H27FN2O5. The second-order valence-corrected chi connectivity index (χ2v) is 8.26. The number of carbonyl (C=O) groups is 2. The van der Waals surface area contributed by atoms with Crippen LogP contribution < -0.4 is 20.1 Å². The predicted octanol–water partition coefficient (Wildman–Crippen LogP) is 4.83. The average Bonchev–Trinajstić information content (AvgIpc) is 2.90. The van der Waals surface area contributed by atoms with Gasteiger partial charge in [-0.2, -0.15) is 0 Å². The van der Waals surface area contributed by atoms with E-state index in [0.717, 1.165) is 11.3 Å². The number of halogens is 1. The van der Waals surface area contributed by atoms with E-state index in [-0.39, 0.29) is 12.2 Å². The first-order chi connectivity index (χ1) is 17.5. The van der Waals surface area contributed by atoms with Gasteiger partial charge in [-0.1, -0.05) is 36.4 Å². The Labute approximate surface area is 208 Å². The number of benzene rings is 3. The molecule has 8 heteroatoms. The molecule has 0 aliphatic carbocycles. The second-order valence-electron chi connectivity index (χ2n) is 8.26. The van der Waals surface area contributed by atoms with Crippen LogP contribution in [0.5, 0.6) is 11.5 Å². The van der Waals surface area contributed by atoms with Gasteiger partial charge >= 0.3 is 12.0 Å². The predicted molar refractivity (Wildman–Crippen MR) is 132 cm³/mol. The van der Waals surface area contributed by atoms with Crippen LogP contribution in [0.1, 0.15) is 29.2 Å². The smallest absolute Gasteiger partial charge is 0.338 e. The molecule has 0 saturated heterocycles. The molecule has 2 N–H and O–H groups in total. The number of rotatable bonds is 9. The first-order valence-electron chi connectivity index (χ1n) is 11.5. The summed E-state index contributed by atoms with van der Waals surface area (Å²) in [5.74, 6) is 0.285. The van der Waals surface area contributed by atoms with Crippen LogP contribution in [0.3, 0.4) is 0 Å². The molecule has 0 saturated carbocycles. The molecule has 1 heterocycles. The lowest BCUT2D eigenvalue weighted by Crippen LogP contribution is -2.46.